The van der Waals surface area contributed by atoms with Crippen LogP contribution in [0.5, 0.6) is 5.75 Å². The predicted molar refractivity (Wildman–Crippen MR) is 78.2 cm³/mol. The molecule has 0 N–H and O–H groups in total. The molecule has 1 fully saturated rings. The van der Waals surface area contributed by atoms with Gasteiger partial charge in [-0.3, -0.25) is 4.79 Å². The zero-order valence-corrected chi connectivity index (χ0v) is 12.3. The molecule has 0 bridgehead atoms. The van der Waals surface area contributed by atoms with Crippen LogP contribution in [0.4, 0.5) is 4.79 Å². The third kappa shape index (κ3) is 4.48. The predicted octanol–water partition coefficient (Wildman–Crippen LogP) is 2.78. The van der Waals surface area contributed by atoms with E-state index in [-0.39, 0.29) is 5.91 Å². The van der Waals surface area contributed by atoms with Crippen LogP contribution in [0.15, 0.2) is 24.3 Å². The molecule has 0 atom stereocenters. The lowest BCUT2D eigenvalue weighted by Crippen LogP contribution is -2.31. The lowest BCUT2D eigenvalue weighted by atomic mass is 10.1. The molecule has 1 aromatic carbocycles. The van der Waals surface area contributed by atoms with Crippen molar-refractivity contribution in [3.8, 4) is 5.75 Å². The highest BCUT2D eigenvalue weighted by atomic mass is 16.6. The van der Waals surface area contributed by atoms with Gasteiger partial charge >= 0.3 is 6.09 Å². The second-order valence-corrected chi connectivity index (χ2v) is 5.07. The van der Waals surface area contributed by atoms with Crippen LogP contribution >= 0.6 is 0 Å². The van der Waals surface area contributed by atoms with E-state index in [0.717, 1.165) is 31.4 Å². The summed E-state index contributed by atoms with van der Waals surface area (Å²) < 4.78 is 9.86. The molecule has 114 valence electrons. The van der Waals surface area contributed by atoms with Gasteiger partial charge < -0.3 is 9.47 Å². The number of aryl methyl sites for hydroxylation is 1. The molecular formula is C16H21NO4. The largest absolute Gasteiger partial charge is 0.497 e. The van der Waals surface area contributed by atoms with Gasteiger partial charge in [0.1, 0.15) is 12.4 Å². The van der Waals surface area contributed by atoms with Gasteiger partial charge in [-0.15, -0.1) is 0 Å². The fraction of sp³-hybridized carbons (Fsp3) is 0.500. The number of carbonyl (C=O) groups excluding carboxylic acids is 2. The van der Waals surface area contributed by atoms with Crippen LogP contribution in [0.2, 0.25) is 0 Å². The Hall–Kier alpha value is -2.04. The minimum absolute atomic E-state index is 0.123. The Morgan fingerprint density at radius 2 is 2.00 bits per heavy atom. The number of cyclic esters (lactones) is 1. The molecule has 1 aromatic rings. The third-order valence-electron chi connectivity index (χ3n) is 3.58. The van der Waals surface area contributed by atoms with Gasteiger partial charge in [0.2, 0.25) is 5.91 Å². The number of nitrogens with zero attached hydrogens (tertiary/aromatic N) is 1. The summed E-state index contributed by atoms with van der Waals surface area (Å²) in [4.78, 5) is 24.2. The number of amides is 2. The number of benzene rings is 1. The summed E-state index contributed by atoms with van der Waals surface area (Å²) in [6.45, 7) is 0.714. The molecule has 1 aliphatic heterocycles. The molecule has 5 heteroatoms. The molecular weight excluding hydrogens is 270 g/mol. The molecule has 0 aliphatic carbocycles. The number of unbranched alkanes of at least 4 members (excludes halogenated alkanes) is 2. The summed E-state index contributed by atoms with van der Waals surface area (Å²) in [5.74, 6) is 0.740. The highest BCUT2D eigenvalue weighted by molar-refractivity contribution is 5.92. The molecule has 5 nitrogen and oxygen atoms in total. The summed E-state index contributed by atoms with van der Waals surface area (Å²) in [6, 6.07) is 8.03. The number of hydrogen-bond donors (Lipinski definition) is 0. The number of imide groups is 1. The fourth-order valence-electron chi connectivity index (χ4n) is 2.33. The maximum absolute atomic E-state index is 11.8. The number of methoxy groups -OCH3 is 1. The lowest BCUT2D eigenvalue weighted by molar-refractivity contribution is -0.127. The van der Waals surface area contributed by atoms with Crippen molar-refractivity contribution in [2.24, 2.45) is 0 Å². The summed E-state index contributed by atoms with van der Waals surface area (Å²) in [6.07, 6.45) is 3.71. The highest BCUT2D eigenvalue weighted by Gasteiger charge is 2.27. The van der Waals surface area contributed by atoms with E-state index in [2.05, 4.69) is 12.1 Å². The standard InChI is InChI=1S/C16H21NO4/c1-20-14-9-7-13(8-10-14)5-3-2-4-6-15(18)17-11-12-21-16(17)19/h7-10H,2-6,11-12H2,1H3. The van der Waals surface area contributed by atoms with Crippen molar-refractivity contribution in [2.45, 2.75) is 32.1 Å². The Morgan fingerprint density at radius 1 is 1.24 bits per heavy atom. The van der Waals surface area contributed by atoms with Crippen molar-refractivity contribution < 1.29 is 19.1 Å². The molecule has 1 aliphatic rings. The molecule has 0 spiro atoms. The van der Waals surface area contributed by atoms with Crippen molar-refractivity contribution in [1.82, 2.24) is 4.90 Å². The van der Waals surface area contributed by atoms with Crippen molar-refractivity contribution in [2.75, 3.05) is 20.3 Å². The Morgan fingerprint density at radius 3 is 2.62 bits per heavy atom. The first kappa shape index (κ1) is 15.4. The lowest BCUT2D eigenvalue weighted by Gasteiger charge is -2.10. The zero-order chi connectivity index (χ0) is 15.1. The molecule has 1 heterocycles. The van der Waals surface area contributed by atoms with Gasteiger partial charge in [-0.05, 0) is 37.0 Å². The van der Waals surface area contributed by atoms with Crippen LogP contribution in [0.3, 0.4) is 0 Å². The van der Waals surface area contributed by atoms with Crippen LogP contribution in [0.1, 0.15) is 31.2 Å². The molecule has 2 amide bonds. The molecule has 2 rings (SSSR count). The third-order valence-corrected chi connectivity index (χ3v) is 3.58. The average molecular weight is 291 g/mol. The molecule has 0 saturated carbocycles. The molecule has 0 aromatic heterocycles. The maximum Gasteiger partial charge on any atom is 0.416 e. The molecule has 0 unspecified atom stereocenters. The molecule has 0 radical (unpaired) electrons. The van der Waals surface area contributed by atoms with E-state index in [1.165, 1.54) is 10.5 Å². The van der Waals surface area contributed by atoms with Gasteiger partial charge in [0, 0.05) is 6.42 Å². The SMILES string of the molecule is COc1ccc(CCCCCC(=O)N2CCOC2=O)cc1. The number of ether oxygens (including phenoxy) is 2. The van der Waals surface area contributed by atoms with E-state index >= 15 is 0 Å². The first-order valence-electron chi connectivity index (χ1n) is 7.31. The van der Waals surface area contributed by atoms with Crippen molar-refractivity contribution in [3.63, 3.8) is 0 Å². The van der Waals surface area contributed by atoms with Gasteiger partial charge in [0.05, 0.1) is 13.7 Å². The first-order chi connectivity index (χ1) is 10.2. The Labute approximate surface area is 124 Å². The Balaban J connectivity index is 1.61. The summed E-state index contributed by atoms with van der Waals surface area (Å²) in [5, 5.41) is 0. The summed E-state index contributed by atoms with van der Waals surface area (Å²) in [7, 11) is 1.65. The van der Waals surface area contributed by atoms with Crippen molar-refractivity contribution in [3.05, 3.63) is 29.8 Å². The number of rotatable bonds is 7. The minimum atomic E-state index is -0.502. The second-order valence-electron chi connectivity index (χ2n) is 5.07. The van der Waals surface area contributed by atoms with E-state index in [1.807, 2.05) is 12.1 Å². The van der Waals surface area contributed by atoms with Crippen LogP contribution < -0.4 is 4.74 Å². The maximum atomic E-state index is 11.8. The van der Waals surface area contributed by atoms with E-state index in [1.54, 1.807) is 7.11 Å². The fourth-order valence-corrected chi connectivity index (χ4v) is 2.33. The van der Waals surface area contributed by atoms with E-state index in [4.69, 9.17) is 9.47 Å². The first-order valence-corrected chi connectivity index (χ1v) is 7.31. The monoisotopic (exact) mass is 291 g/mol. The second kappa shape index (κ2) is 7.67. The van der Waals surface area contributed by atoms with Crippen molar-refractivity contribution >= 4 is 12.0 Å². The van der Waals surface area contributed by atoms with Gasteiger partial charge in [0.25, 0.3) is 0 Å². The van der Waals surface area contributed by atoms with Crippen LogP contribution in [-0.4, -0.2) is 37.2 Å². The normalized spacial score (nSPS) is 14.1. The highest BCUT2D eigenvalue weighted by Crippen LogP contribution is 2.14. The smallest absolute Gasteiger partial charge is 0.416 e. The van der Waals surface area contributed by atoms with E-state index in [0.29, 0.717) is 19.6 Å². The molecule has 21 heavy (non-hydrogen) atoms. The van der Waals surface area contributed by atoms with Gasteiger partial charge in [-0.25, -0.2) is 9.69 Å². The van der Waals surface area contributed by atoms with Crippen molar-refractivity contribution in [1.29, 1.82) is 0 Å². The van der Waals surface area contributed by atoms with Crippen LogP contribution in [0.25, 0.3) is 0 Å². The Bertz CT molecular complexity index is 484. The minimum Gasteiger partial charge on any atom is -0.497 e. The van der Waals surface area contributed by atoms with E-state index in [9.17, 15) is 9.59 Å². The quantitative estimate of drug-likeness (QED) is 0.725. The van der Waals surface area contributed by atoms with Crippen LogP contribution in [-0.2, 0) is 16.0 Å². The van der Waals surface area contributed by atoms with Gasteiger partial charge in [0.15, 0.2) is 0 Å². The number of hydrogen-bond acceptors (Lipinski definition) is 4. The van der Waals surface area contributed by atoms with E-state index < -0.39 is 6.09 Å². The Kier molecular flexibility index (Phi) is 5.60. The van der Waals surface area contributed by atoms with Gasteiger partial charge in [-0.2, -0.15) is 0 Å². The summed E-state index contributed by atoms with van der Waals surface area (Å²) >= 11 is 0. The van der Waals surface area contributed by atoms with Crippen LogP contribution in [0, 0.1) is 0 Å². The molecule has 1 saturated heterocycles. The average Bonchev–Trinajstić information content (AvgIpc) is 2.93. The topological polar surface area (TPSA) is 55.8 Å². The number of carbonyl (C=O) groups is 2. The summed E-state index contributed by atoms with van der Waals surface area (Å²) in [5.41, 5.74) is 1.27. The van der Waals surface area contributed by atoms with Gasteiger partial charge in [-0.1, -0.05) is 18.6 Å². The zero-order valence-electron chi connectivity index (χ0n) is 12.3.